The molecule has 0 spiro atoms. The molecule has 1 aromatic heterocycles. The van der Waals surface area contributed by atoms with E-state index in [0.717, 1.165) is 23.4 Å². The SMILES string of the molecule is CN(C)CCNc1ncc(C#N)cc1Br. The number of nitriles is 1. The van der Waals surface area contributed by atoms with Crippen molar-refractivity contribution in [1.29, 1.82) is 5.26 Å². The van der Waals surface area contributed by atoms with Crippen LogP contribution >= 0.6 is 15.9 Å². The van der Waals surface area contributed by atoms with Gasteiger partial charge in [-0.15, -0.1) is 0 Å². The number of halogens is 1. The molecule has 15 heavy (non-hydrogen) atoms. The molecule has 4 nitrogen and oxygen atoms in total. The van der Waals surface area contributed by atoms with E-state index in [1.54, 1.807) is 12.3 Å². The van der Waals surface area contributed by atoms with E-state index in [2.05, 4.69) is 31.1 Å². The Morgan fingerprint density at radius 2 is 2.33 bits per heavy atom. The Bertz CT molecular complexity index is 370. The fourth-order valence-electron chi connectivity index (χ4n) is 1.03. The normalized spacial score (nSPS) is 10.1. The first-order chi connectivity index (χ1) is 7.13. The molecule has 0 bridgehead atoms. The number of anilines is 1. The monoisotopic (exact) mass is 268 g/mol. The van der Waals surface area contributed by atoms with Gasteiger partial charge in [-0.2, -0.15) is 5.26 Å². The van der Waals surface area contributed by atoms with Gasteiger partial charge >= 0.3 is 0 Å². The lowest BCUT2D eigenvalue weighted by Crippen LogP contribution is -2.21. The highest BCUT2D eigenvalue weighted by atomic mass is 79.9. The lowest BCUT2D eigenvalue weighted by molar-refractivity contribution is 0.425. The van der Waals surface area contributed by atoms with Crippen molar-refractivity contribution < 1.29 is 0 Å². The number of nitrogens with zero attached hydrogens (tertiary/aromatic N) is 3. The molecule has 0 saturated carbocycles. The van der Waals surface area contributed by atoms with Gasteiger partial charge in [0.2, 0.25) is 0 Å². The van der Waals surface area contributed by atoms with Crippen molar-refractivity contribution in [3.8, 4) is 6.07 Å². The van der Waals surface area contributed by atoms with Crippen LogP contribution in [0.1, 0.15) is 5.56 Å². The van der Waals surface area contributed by atoms with Crippen molar-refractivity contribution in [2.45, 2.75) is 0 Å². The molecule has 0 amide bonds. The van der Waals surface area contributed by atoms with Crippen LogP contribution in [0.3, 0.4) is 0 Å². The summed E-state index contributed by atoms with van der Waals surface area (Å²) in [6.45, 7) is 1.76. The Morgan fingerprint density at radius 3 is 2.87 bits per heavy atom. The highest BCUT2D eigenvalue weighted by molar-refractivity contribution is 9.10. The molecule has 1 aromatic rings. The molecule has 1 N–H and O–H groups in total. The average molecular weight is 269 g/mol. The van der Waals surface area contributed by atoms with Crippen LogP contribution in [-0.2, 0) is 0 Å². The van der Waals surface area contributed by atoms with Gasteiger partial charge in [-0.3, -0.25) is 0 Å². The van der Waals surface area contributed by atoms with Crippen LogP contribution in [0.5, 0.6) is 0 Å². The van der Waals surface area contributed by atoms with E-state index in [1.165, 1.54) is 0 Å². The van der Waals surface area contributed by atoms with Gasteiger partial charge in [0.25, 0.3) is 0 Å². The van der Waals surface area contributed by atoms with E-state index in [-0.39, 0.29) is 0 Å². The molecule has 1 rings (SSSR count). The Morgan fingerprint density at radius 1 is 1.60 bits per heavy atom. The summed E-state index contributed by atoms with van der Waals surface area (Å²) in [6, 6.07) is 3.80. The Kier molecular flexibility index (Phi) is 4.53. The van der Waals surface area contributed by atoms with Gasteiger partial charge in [0.15, 0.2) is 0 Å². The first-order valence-corrected chi connectivity index (χ1v) is 5.37. The third-order valence-corrected chi connectivity index (χ3v) is 2.43. The number of rotatable bonds is 4. The maximum absolute atomic E-state index is 8.66. The number of hydrogen-bond donors (Lipinski definition) is 1. The van der Waals surface area contributed by atoms with Crippen molar-refractivity contribution in [2.24, 2.45) is 0 Å². The molecule has 0 aliphatic rings. The van der Waals surface area contributed by atoms with Gasteiger partial charge in [-0.1, -0.05) is 0 Å². The van der Waals surface area contributed by atoms with Crippen molar-refractivity contribution in [1.82, 2.24) is 9.88 Å². The summed E-state index contributed by atoms with van der Waals surface area (Å²) < 4.78 is 0.820. The zero-order valence-corrected chi connectivity index (χ0v) is 10.4. The number of nitrogens with one attached hydrogen (secondary N) is 1. The van der Waals surface area contributed by atoms with Crippen LogP contribution < -0.4 is 5.32 Å². The molecular formula is C10H13BrN4. The van der Waals surface area contributed by atoms with E-state index in [0.29, 0.717) is 5.56 Å². The van der Waals surface area contributed by atoms with Gasteiger partial charge < -0.3 is 10.2 Å². The molecule has 0 saturated heterocycles. The quantitative estimate of drug-likeness (QED) is 0.903. The van der Waals surface area contributed by atoms with Gasteiger partial charge in [0.05, 0.1) is 10.0 Å². The minimum Gasteiger partial charge on any atom is -0.368 e. The second kappa shape index (κ2) is 5.69. The van der Waals surface area contributed by atoms with Crippen LogP contribution in [-0.4, -0.2) is 37.1 Å². The van der Waals surface area contributed by atoms with Gasteiger partial charge in [-0.25, -0.2) is 4.98 Å². The highest BCUT2D eigenvalue weighted by Gasteiger charge is 2.02. The molecular weight excluding hydrogens is 256 g/mol. The molecule has 5 heteroatoms. The summed E-state index contributed by atoms with van der Waals surface area (Å²) in [5.41, 5.74) is 0.556. The third-order valence-electron chi connectivity index (χ3n) is 1.82. The molecule has 80 valence electrons. The Hall–Kier alpha value is -1.12. The second-order valence-electron chi connectivity index (χ2n) is 3.40. The number of aromatic nitrogens is 1. The van der Waals surface area contributed by atoms with Gasteiger partial charge in [-0.05, 0) is 36.1 Å². The molecule has 0 aromatic carbocycles. The number of hydrogen-bond acceptors (Lipinski definition) is 4. The van der Waals surface area contributed by atoms with Crippen LogP contribution in [0.2, 0.25) is 0 Å². The molecule has 0 unspecified atom stereocenters. The molecule has 0 aliphatic heterocycles. The summed E-state index contributed by atoms with van der Waals surface area (Å²) in [5.74, 6) is 0.774. The lowest BCUT2D eigenvalue weighted by atomic mass is 10.3. The van der Waals surface area contributed by atoms with Crippen molar-refractivity contribution in [3.05, 3.63) is 22.3 Å². The van der Waals surface area contributed by atoms with E-state index >= 15 is 0 Å². The largest absolute Gasteiger partial charge is 0.368 e. The first kappa shape index (κ1) is 12.0. The average Bonchev–Trinajstić information content (AvgIpc) is 2.20. The second-order valence-corrected chi connectivity index (χ2v) is 4.25. The van der Waals surface area contributed by atoms with E-state index in [4.69, 9.17) is 5.26 Å². The van der Waals surface area contributed by atoms with E-state index < -0.39 is 0 Å². The fraction of sp³-hybridized carbons (Fsp3) is 0.400. The molecule has 0 aliphatic carbocycles. The van der Waals surface area contributed by atoms with Crippen molar-refractivity contribution in [2.75, 3.05) is 32.5 Å². The van der Waals surface area contributed by atoms with Gasteiger partial charge in [0, 0.05) is 19.3 Å². The standard InChI is InChI=1S/C10H13BrN4/c1-15(2)4-3-13-10-9(11)5-8(6-12)7-14-10/h5,7H,3-4H2,1-2H3,(H,13,14). The highest BCUT2D eigenvalue weighted by Crippen LogP contribution is 2.19. The van der Waals surface area contributed by atoms with Crippen molar-refractivity contribution in [3.63, 3.8) is 0 Å². The third kappa shape index (κ3) is 3.86. The van der Waals surface area contributed by atoms with Crippen LogP contribution in [0, 0.1) is 11.3 Å². The van der Waals surface area contributed by atoms with Gasteiger partial charge in [0.1, 0.15) is 11.9 Å². The Labute approximate surface area is 98.0 Å². The minimum absolute atomic E-state index is 0.556. The van der Waals surface area contributed by atoms with Crippen LogP contribution in [0.15, 0.2) is 16.7 Å². The summed E-state index contributed by atoms with van der Waals surface area (Å²) in [4.78, 5) is 6.23. The summed E-state index contributed by atoms with van der Waals surface area (Å²) in [5, 5.41) is 11.9. The molecule has 1 heterocycles. The zero-order valence-electron chi connectivity index (χ0n) is 8.79. The van der Waals surface area contributed by atoms with E-state index in [1.807, 2.05) is 20.2 Å². The minimum atomic E-state index is 0.556. The van der Waals surface area contributed by atoms with E-state index in [9.17, 15) is 0 Å². The van der Waals surface area contributed by atoms with Crippen LogP contribution in [0.25, 0.3) is 0 Å². The molecule has 0 radical (unpaired) electrons. The Balaban J connectivity index is 2.59. The summed E-state index contributed by atoms with van der Waals surface area (Å²) in [6.07, 6.45) is 1.56. The molecule has 0 fully saturated rings. The molecule has 0 atom stereocenters. The first-order valence-electron chi connectivity index (χ1n) is 4.57. The fourth-order valence-corrected chi connectivity index (χ4v) is 1.52. The predicted octanol–water partition coefficient (Wildman–Crippen LogP) is 1.69. The van der Waals surface area contributed by atoms with Crippen molar-refractivity contribution >= 4 is 21.7 Å². The predicted molar refractivity (Wildman–Crippen MR) is 63.7 cm³/mol. The maximum atomic E-state index is 8.66. The number of pyridine rings is 1. The summed E-state index contributed by atoms with van der Waals surface area (Å²) >= 11 is 3.37. The maximum Gasteiger partial charge on any atom is 0.140 e. The van der Waals surface area contributed by atoms with Crippen LogP contribution in [0.4, 0.5) is 5.82 Å². The number of likely N-dealkylation sites (N-methyl/N-ethyl adjacent to an activating group) is 1. The topological polar surface area (TPSA) is 52.0 Å². The smallest absolute Gasteiger partial charge is 0.140 e. The lowest BCUT2D eigenvalue weighted by Gasteiger charge is -2.11. The zero-order chi connectivity index (χ0) is 11.3. The summed E-state index contributed by atoms with van der Waals surface area (Å²) in [7, 11) is 4.03.